The summed E-state index contributed by atoms with van der Waals surface area (Å²) in [7, 11) is 2.13. The molecular formula is C7H15BNO. The lowest BCUT2D eigenvalue weighted by Gasteiger charge is -2.10. The minimum Gasteiger partial charge on any atom is -0.352 e. The second kappa shape index (κ2) is 5.33. The van der Waals surface area contributed by atoms with Crippen molar-refractivity contribution in [3.8, 4) is 0 Å². The molecule has 1 fully saturated rings. The third kappa shape index (κ3) is 2.90. The van der Waals surface area contributed by atoms with Crippen molar-refractivity contribution in [2.24, 2.45) is 0 Å². The third-order valence-electron chi connectivity index (χ3n) is 1.40. The molecule has 1 aliphatic heterocycles. The molecule has 3 heteroatoms. The number of rotatable bonds is 0. The van der Waals surface area contributed by atoms with Crippen LogP contribution in [0.3, 0.4) is 0 Å². The van der Waals surface area contributed by atoms with Gasteiger partial charge in [-0.05, 0) is 6.44 Å². The quantitative estimate of drug-likeness (QED) is 0.459. The van der Waals surface area contributed by atoms with Gasteiger partial charge in [-0.1, -0.05) is 20.2 Å². The van der Waals surface area contributed by atoms with Crippen LogP contribution in [0.25, 0.3) is 0 Å². The summed E-state index contributed by atoms with van der Waals surface area (Å²) in [6.07, 6.45) is 1.93. The zero-order chi connectivity index (χ0) is 7.98. The first-order chi connectivity index (χ1) is 4.80. The summed E-state index contributed by atoms with van der Waals surface area (Å²) in [4.78, 5) is 12.4. The smallest absolute Gasteiger partial charge is 0.218 e. The lowest BCUT2D eigenvalue weighted by Crippen LogP contribution is -2.25. The van der Waals surface area contributed by atoms with Crippen molar-refractivity contribution in [2.45, 2.75) is 27.1 Å². The Morgan fingerprint density at radius 2 is 2.10 bits per heavy atom. The van der Waals surface area contributed by atoms with Crippen molar-refractivity contribution in [1.29, 1.82) is 0 Å². The van der Waals surface area contributed by atoms with E-state index in [9.17, 15) is 4.79 Å². The summed E-state index contributed by atoms with van der Waals surface area (Å²) in [5.41, 5.74) is 0. The summed E-state index contributed by atoms with van der Waals surface area (Å²) >= 11 is 0. The molecule has 1 saturated heterocycles. The van der Waals surface area contributed by atoms with E-state index in [-0.39, 0.29) is 5.91 Å². The second-order valence-corrected chi connectivity index (χ2v) is 2.04. The highest BCUT2D eigenvalue weighted by atomic mass is 16.2. The van der Waals surface area contributed by atoms with Crippen LogP contribution < -0.4 is 0 Å². The average molecular weight is 140 g/mol. The monoisotopic (exact) mass is 140 g/mol. The molecule has 0 aromatic carbocycles. The van der Waals surface area contributed by atoms with E-state index in [4.69, 9.17) is 0 Å². The lowest BCUT2D eigenvalue weighted by molar-refractivity contribution is -0.127. The minimum atomic E-state index is 0.193. The van der Waals surface area contributed by atoms with Crippen LogP contribution in [0.4, 0.5) is 0 Å². The molecule has 0 aromatic heterocycles. The number of hydrogen-bond donors (Lipinski definition) is 0. The van der Waals surface area contributed by atoms with Gasteiger partial charge in [0.2, 0.25) is 5.91 Å². The van der Waals surface area contributed by atoms with Crippen LogP contribution in [0, 0.1) is 0 Å². The van der Waals surface area contributed by atoms with Crippen LogP contribution in [0.15, 0.2) is 0 Å². The van der Waals surface area contributed by atoms with E-state index in [1.807, 2.05) is 18.7 Å². The highest BCUT2D eigenvalue weighted by Gasteiger charge is 2.13. The predicted molar refractivity (Wildman–Crippen MR) is 44.2 cm³/mol. The summed E-state index contributed by atoms with van der Waals surface area (Å²) in [6.45, 7) is 6.54. The van der Waals surface area contributed by atoms with Gasteiger partial charge in [-0.3, -0.25) is 4.79 Å². The third-order valence-corrected chi connectivity index (χ3v) is 1.40. The molecule has 0 aromatic rings. The summed E-state index contributed by atoms with van der Waals surface area (Å²) in [6, 6.07) is 0. The van der Waals surface area contributed by atoms with Gasteiger partial charge < -0.3 is 4.90 Å². The van der Waals surface area contributed by atoms with Crippen molar-refractivity contribution in [1.82, 2.24) is 4.90 Å². The van der Waals surface area contributed by atoms with Gasteiger partial charge in [0.25, 0.3) is 0 Å². The van der Waals surface area contributed by atoms with Gasteiger partial charge in [-0.2, -0.15) is 0 Å². The molecule has 1 amide bonds. The van der Waals surface area contributed by atoms with E-state index < -0.39 is 0 Å². The zero-order valence-corrected chi connectivity index (χ0v) is 7.05. The van der Waals surface area contributed by atoms with E-state index >= 15 is 0 Å². The van der Waals surface area contributed by atoms with Gasteiger partial charge in [0.05, 0.1) is 0 Å². The molecule has 1 rings (SSSR count). The van der Waals surface area contributed by atoms with E-state index in [1.54, 1.807) is 6.92 Å². The lowest BCUT2D eigenvalue weighted by atomic mass is 9.79. The normalized spacial score (nSPS) is 15.3. The van der Waals surface area contributed by atoms with E-state index in [0.29, 0.717) is 0 Å². The van der Waals surface area contributed by atoms with E-state index in [2.05, 4.69) is 7.28 Å². The zero-order valence-electron chi connectivity index (χ0n) is 7.05. The van der Waals surface area contributed by atoms with Gasteiger partial charge in [-0.25, -0.2) is 0 Å². The maximum atomic E-state index is 10.6. The first-order valence-corrected chi connectivity index (χ1v) is 3.88. The Morgan fingerprint density at radius 1 is 1.50 bits per heavy atom. The molecule has 1 heterocycles. The molecule has 1 radical (unpaired) electrons. The molecule has 0 atom stereocenters. The molecule has 0 aliphatic carbocycles. The van der Waals surface area contributed by atoms with Crippen molar-refractivity contribution in [3.63, 3.8) is 0 Å². The fraction of sp³-hybridized carbons (Fsp3) is 0.857. The Labute approximate surface area is 63.8 Å². The standard InChI is InChI=1S/C5H9BNO.C2H6/c1-5(8)7-3-2-6-4-7;1-2/h2-4H2,1H3;1-2H3. The molecule has 0 saturated carbocycles. The van der Waals surface area contributed by atoms with Crippen LogP contribution in [0.2, 0.25) is 6.32 Å². The van der Waals surface area contributed by atoms with Crippen molar-refractivity contribution >= 4 is 13.2 Å². The maximum Gasteiger partial charge on any atom is 0.218 e. The second-order valence-electron chi connectivity index (χ2n) is 2.04. The Morgan fingerprint density at radius 3 is 2.30 bits per heavy atom. The molecular weight excluding hydrogens is 125 g/mol. The van der Waals surface area contributed by atoms with Crippen molar-refractivity contribution in [2.75, 3.05) is 13.0 Å². The van der Waals surface area contributed by atoms with Gasteiger partial charge in [-0.15, -0.1) is 0 Å². The number of amides is 1. The SMILES string of the molecule is CC.CC(=O)N1C[B]CC1. The number of carbonyl (C=O) groups is 1. The molecule has 2 nitrogen and oxygen atoms in total. The molecule has 0 bridgehead atoms. The molecule has 57 valence electrons. The maximum absolute atomic E-state index is 10.6. The van der Waals surface area contributed by atoms with Gasteiger partial charge in [0.15, 0.2) is 0 Å². The largest absolute Gasteiger partial charge is 0.352 e. The molecule has 10 heavy (non-hydrogen) atoms. The van der Waals surface area contributed by atoms with Gasteiger partial charge in [0, 0.05) is 13.5 Å². The minimum absolute atomic E-state index is 0.193. The first-order valence-electron chi connectivity index (χ1n) is 3.88. The average Bonchev–Trinajstić information content (AvgIpc) is 2.42. The molecule has 0 spiro atoms. The number of hydrogen-bond acceptors (Lipinski definition) is 1. The van der Waals surface area contributed by atoms with Crippen LogP contribution in [-0.2, 0) is 4.79 Å². The Hall–Kier alpha value is -0.465. The number of carbonyl (C=O) groups excluding carboxylic acids is 1. The Bertz CT molecular complexity index is 99.8. The molecule has 0 N–H and O–H groups in total. The van der Waals surface area contributed by atoms with Crippen LogP contribution >= 0.6 is 0 Å². The van der Waals surface area contributed by atoms with Gasteiger partial charge >= 0.3 is 0 Å². The summed E-state index contributed by atoms with van der Waals surface area (Å²) < 4.78 is 0. The Balaban J connectivity index is 0.000000371. The summed E-state index contributed by atoms with van der Waals surface area (Å²) in [5, 5.41) is 0. The van der Waals surface area contributed by atoms with Crippen molar-refractivity contribution < 1.29 is 4.79 Å². The van der Waals surface area contributed by atoms with Crippen LogP contribution in [0.1, 0.15) is 20.8 Å². The fourth-order valence-corrected chi connectivity index (χ4v) is 0.872. The fourth-order valence-electron chi connectivity index (χ4n) is 0.872. The van der Waals surface area contributed by atoms with E-state index in [0.717, 1.165) is 19.3 Å². The molecule has 0 unspecified atom stereocenters. The highest BCUT2D eigenvalue weighted by Crippen LogP contribution is 1.99. The van der Waals surface area contributed by atoms with E-state index in [1.165, 1.54) is 0 Å². The topological polar surface area (TPSA) is 20.3 Å². The molecule has 1 aliphatic rings. The van der Waals surface area contributed by atoms with Crippen LogP contribution in [-0.4, -0.2) is 31.1 Å². The summed E-state index contributed by atoms with van der Waals surface area (Å²) in [5.74, 6) is 0.193. The number of nitrogens with zero attached hydrogens (tertiary/aromatic N) is 1. The van der Waals surface area contributed by atoms with Crippen molar-refractivity contribution in [3.05, 3.63) is 0 Å². The Kier molecular flexibility index (Phi) is 5.08. The van der Waals surface area contributed by atoms with Crippen LogP contribution in [0.5, 0.6) is 0 Å². The van der Waals surface area contributed by atoms with Gasteiger partial charge in [0.1, 0.15) is 7.28 Å². The first kappa shape index (κ1) is 9.53. The predicted octanol–water partition coefficient (Wildman–Crippen LogP) is 0.955. The highest BCUT2D eigenvalue weighted by molar-refractivity contribution is 6.37.